The molecule has 1 heterocycles. The van der Waals surface area contributed by atoms with Gasteiger partial charge in [0.05, 0.1) is 6.04 Å². The molecule has 1 atom stereocenters. The number of carbonyl (C=O) groups is 2. The van der Waals surface area contributed by atoms with Gasteiger partial charge in [-0.3, -0.25) is 4.79 Å². The van der Waals surface area contributed by atoms with Gasteiger partial charge in [0.1, 0.15) is 5.82 Å². The van der Waals surface area contributed by atoms with Gasteiger partial charge in [-0.05, 0) is 29.3 Å². The van der Waals surface area contributed by atoms with Gasteiger partial charge in [-0.15, -0.1) is 0 Å². The van der Waals surface area contributed by atoms with E-state index in [1.807, 2.05) is 60.7 Å². The number of nitrogens with zero attached hydrogens (tertiary/aromatic N) is 2. The first kappa shape index (κ1) is 20.6. The summed E-state index contributed by atoms with van der Waals surface area (Å²) in [7, 11) is 0. The van der Waals surface area contributed by atoms with Gasteiger partial charge in [-0.1, -0.05) is 66.7 Å². The SMILES string of the molecule is O=C(N[C@H]1CC(=O)N(c2cccc(F)c2)C1)N(Cc1ccccc1)Cc1ccccc1. The van der Waals surface area contributed by atoms with Crippen molar-refractivity contribution in [3.8, 4) is 0 Å². The van der Waals surface area contributed by atoms with E-state index in [1.54, 1.807) is 17.0 Å². The molecular weight excluding hydrogens is 393 g/mol. The number of rotatable bonds is 6. The Balaban J connectivity index is 1.46. The Kier molecular flexibility index (Phi) is 6.26. The fraction of sp³-hybridized carbons (Fsp3) is 0.200. The largest absolute Gasteiger partial charge is 0.333 e. The number of nitrogens with one attached hydrogen (secondary N) is 1. The normalized spacial score (nSPS) is 15.7. The maximum Gasteiger partial charge on any atom is 0.318 e. The van der Waals surface area contributed by atoms with Crippen molar-refractivity contribution in [1.82, 2.24) is 10.2 Å². The molecule has 5 nitrogen and oxygen atoms in total. The molecule has 31 heavy (non-hydrogen) atoms. The molecule has 1 aliphatic rings. The van der Waals surface area contributed by atoms with Crippen LogP contribution in [0.5, 0.6) is 0 Å². The van der Waals surface area contributed by atoms with E-state index in [0.717, 1.165) is 11.1 Å². The minimum absolute atomic E-state index is 0.131. The van der Waals surface area contributed by atoms with Crippen molar-refractivity contribution in [3.05, 3.63) is 102 Å². The van der Waals surface area contributed by atoms with Gasteiger partial charge in [0.2, 0.25) is 5.91 Å². The molecule has 3 aromatic carbocycles. The van der Waals surface area contributed by atoms with E-state index in [4.69, 9.17) is 0 Å². The lowest BCUT2D eigenvalue weighted by Gasteiger charge is -2.25. The maximum atomic E-state index is 13.6. The lowest BCUT2D eigenvalue weighted by atomic mass is 10.1. The predicted molar refractivity (Wildman–Crippen MR) is 118 cm³/mol. The molecule has 3 aromatic rings. The number of benzene rings is 3. The number of carbonyl (C=O) groups excluding carboxylic acids is 2. The third kappa shape index (κ3) is 5.28. The summed E-state index contributed by atoms with van der Waals surface area (Å²) >= 11 is 0. The zero-order valence-electron chi connectivity index (χ0n) is 17.1. The summed E-state index contributed by atoms with van der Waals surface area (Å²) in [6.07, 6.45) is 0.187. The molecule has 0 spiro atoms. The lowest BCUT2D eigenvalue weighted by molar-refractivity contribution is -0.117. The molecule has 0 aliphatic carbocycles. The molecule has 158 valence electrons. The summed E-state index contributed by atoms with van der Waals surface area (Å²) in [5.74, 6) is -0.525. The number of amides is 3. The van der Waals surface area contributed by atoms with Crippen LogP contribution in [0.25, 0.3) is 0 Å². The monoisotopic (exact) mass is 417 g/mol. The fourth-order valence-corrected chi connectivity index (χ4v) is 3.77. The summed E-state index contributed by atoms with van der Waals surface area (Å²) in [4.78, 5) is 28.9. The van der Waals surface area contributed by atoms with Crippen LogP contribution in [0.3, 0.4) is 0 Å². The molecule has 0 saturated carbocycles. The summed E-state index contributed by atoms with van der Waals surface area (Å²) in [6.45, 7) is 1.23. The van der Waals surface area contributed by atoms with Crippen LogP contribution in [-0.4, -0.2) is 29.4 Å². The number of hydrogen-bond donors (Lipinski definition) is 1. The van der Waals surface area contributed by atoms with Crippen LogP contribution in [0.4, 0.5) is 14.9 Å². The van der Waals surface area contributed by atoms with E-state index in [1.165, 1.54) is 17.0 Å². The smallest absolute Gasteiger partial charge is 0.318 e. The quantitative estimate of drug-likeness (QED) is 0.649. The summed E-state index contributed by atoms with van der Waals surface area (Å²) < 4.78 is 13.6. The summed E-state index contributed by atoms with van der Waals surface area (Å²) in [5, 5.41) is 2.99. The average molecular weight is 417 g/mol. The van der Waals surface area contributed by atoms with Crippen molar-refractivity contribution in [2.75, 3.05) is 11.4 Å². The highest BCUT2D eigenvalue weighted by atomic mass is 19.1. The van der Waals surface area contributed by atoms with Crippen molar-refractivity contribution < 1.29 is 14.0 Å². The van der Waals surface area contributed by atoms with Crippen molar-refractivity contribution in [3.63, 3.8) is 0 Å². The highest BCUT2D eigenvalue weighted by Gasteiger charge is 2.32. The number of urea groups is 1. The van der Waals surface area contributed by atoms with Crippen LogP contribution in [-0.2, 0) is 17.9 Å². The highest BCUT2D eigenvalue weighted by molar-refractivity contribution is 5.96. The first-order valence-electron chi connectivity index (χ1n) is 10.3. The van der Waals surface area contributed by atoms with Crippen molar-refractivity contribution in [1.29, 1.82) is 0 Å². The van der Waals surface area contributed by atoms with Gasteiger partial charge in [0, 0.05) is 31.7 Å². The summed E-state index contributed by atoms with van der Waals surface area (Å²) in [6, 6.07) is 25.0. The van der Waals surface area contributed by atoms with Crippen LogP contribution in [0, 0.1) is 5.82 Å². The molecule has 1 aliphatic heterocycles. The second-order valence-corrected chi connectivity index (χ2v) is 7.66. The molecule has 1 fully saturated rings. The van der Waals surface area contributed by atoms with Crippen LogP contribution < -0.4 is 10.2 Å². The standard InChI is InChI=1S/C25H24FN3O2/c26-21-12-7-13-23(14-21)29-18-22(15-24(29)30)27-25(31)28(16-19-8-3-1-4-9-19)17-20-10-5-2-6-11-20/h1-14,22H,15-18H2,(H,27,31)/t22-/m0/s1. The lowest BCUT2D eigenvalue weighted by Crippen LogP contribution is -2.45. The van der Waals surface area contributed by atoms with Crippen LogP contribution in [0.2, 0.25) is 0 Å². The number of halogens is 1. The molecule has 1 saturated heterocycles. The van der Waals surface area contributed by atoms with E-state index in [-0.39, 0.29) is 24.4 Å². The molecular formula is C25H24FN3O2. The highest BCUT2D eigenvalue weighted by Crippen LogP contribution is 2.22. The first-order chi connectivity index (χ1) is 15.1. The van der Waals surface area contributed by atoms with Gasteiger partial charge in [-0.2, -0.15) is 0 Å². The second kappa shape index (κ2) is 9.43. The van der Waals surface area contributed by atoms with E-state index in [9.17, 15) is 14.0 Å². The molecule has 3 amide bonds. The van der Waals surface area contributed by atoms with E-state index >= 15 is 0 Å². The van der Waals surface area contributed by atoms with E-state index in [2.05, 4.69) is 5.32 Å². The van der Waals surface area contributed by atoms with Crippen LogP contribution in [0.15, 0.2) is 84.9 Å². The molecule has 6 heteroatoms. The van der Waals surface area contributed by atoms with E-state index < -0.39 is 5.82 Å². The molecule has 4 rings (SSSR count). The zero-order valence-corrected chi connectivity index (χ0v) is 17.1. The predicted octanol–water partition coefficient (Wildman–Crippen LogP) is 4.34. The number of anilines is 1. The molecule has 1 N–H and O–H groups in total. The summed E-state index contributed by atoms with van der Waals surface area (Å²) in [5.41, 5.74) is 2.56. The minimum atomic E-state index is -0.394. The van der Waals surface area contributed by atoms with Crippen molar-refractivity contribution in [2.24, 2.45) is 0 Å². The van der Waals surface area contributed by atoms with Gasteiger partial charge in [0.25, 0.3) is 0 Å². The fourth-order valence-electron chi connectivity index (χ4n) is 3.77. The van der Waals surface area contributed by atoms with Crippen molar-refractivity contribution >= 4 is 17.6 Å². The first-order valence-corrected chi connectivity index (χ1v) is 10.3. The van der Waals surface area contributed by atoms with Gasteiger partial charge < -0.3 is 15.1 Å². The van der Waals surface area contributed by atoms with Crippen LogP contribution in [0.1, 0.15) is 17.5 Å². The number of hydrogen-bond acceptors (Lipinski definition) is 2. The Labute approximate surface area is 181 Å². The second-order valence-electron chi connectivity index (χ2n) is 7.66. The topological polar surface area (TPSA) is 52.7 Å². The molecule has 0 unspecified atom stereocenters. The van der Waals surface area contributed by atoms with Gasteiger partial charge >= 0.3 is 6.03 Å². The van der Waals surface area contributed by atoms with E-state index in [0.29, 0.717) is 25.3 Å². The van der Waals surface area contributed by atoms with Crippen LogP contribution >= 0.6 is 0 Å². The Hall–Kier alpha value is -3.67. The average Bonchev–Trinajstić information content (AvgIpc) is 3.14. The molecule has 0 aromatic heterocycles. The maximum absolute atomic E-state index is 13.6. The van der Waals surface area contributed by atoms with Crippen molar-refractivity contribution in [2.45, 2.75) is 25.6 Å². The third-order valence-electron chi connectivity index (χ3n) is 5.29. The van der Waals surface area contributed by atoms with Gasteiger partial charge in [0.15, 0.2) is 0 Å². The Morgan fingerprint density at radius 2 is 1.55 bits per heavy atom. The Morgan fingerprint density at radius 3 is 2.13 bits per heavy atom. The third-order valence-corrected chi connectivity index (χ3v) is 5.29. The molecule has 0 radical (unpaired) electrons. The zero-order chi connectivity index (χ0) is 21.6. The molecule has 0 bridgehead atoms. The van der Waals surface area contributed by atoms with Gasteiger partial charge in [-0.25, -0.2) is 9.18 Å². The Bertz CT molecular complexity index is 1000. The Morgan fingerprint density at radius 1 is 0.935 bits per heavy atom. The minimum Gasteiger partial charge on any atom is -0.333 e.